The van der Waals surface area contributed by atoms with E-state index in [9.17, 15) is 4.79 Å². The molecule has 2 aliphatic rings. The number of carbonyl (C=O) groups excluding carboxylic acids is 1. The Bertz CT molecular complexity index is 1420. The molecule has 6 rings (SSSR count). The van der Waals surface area contributed by atoms with Crippen LogP contribution in [0.3, 0.4) is 0 Å². The minimum Gasteiger partial charge on any atom is -0.486 e. The number of benzene rings is 3. The molecule has 1 atom stereocenters. The molecule has 8 nitrogen and oxygen atoms in total. The molecular weight excluding hydrogens is 444 g/mol. The monoisotopic (exact) mass is 466 g/mol. The largest absolute Gasteiger partial charge is 0.486 e. The van der Waals surface area contributed by atoms with E-state index in [4.69, 9.17) is 19.0 Å². The zero-order valence-electron chi connectivity index (χ0n) is 19.0. The van der Waals surface area contributed by atoms with Gasteiger partial charge in [-0.3, -0.25) is 4.90 Å². The Morgan fingerprint density at radius 3 is 2.40 bits per heavy atom. The summed E-state index contributed by atoms with van der Waals surface area (Å²) in [6.45, 7) is 2.84. The number of amides is 2. The molecule has 2 amide bonds. The van der Waals surface area contributed by atoms with Crippen molar-refractivity contribution in [3.63, 3.8) is 0 Å². The maximum atomic E-state index is 13.4. The Morgan fingerprint density at radius 1 is 0.914 bits per heavy atom. The van der Waals surface area contributed by atoms with Gasteiger partial charge in [-0.15, -0.1) is 0 Å². The molecule has 0 aliphatic carbocycles. The molecule has 35 heavy (non-hydrogen) atoms. The fraction of sp³-hybridized carbons (Fsp3) is 0.148. The third-order valence-corrected chi connectivity index (χ3v) is 6.09. The van der Waals surface area contributed by atoms with E-state index in [1.165, 1.54) is 0 Å². The number of ether oxygens (including phenoxy) is 2. The highest BCUT2D eigenvalue weighted by molar-refractivity contribution is 6.01. The highest BCUT2D eigenvalue weighted by atomic mass is 16.6. The molecule has 0 spiro atoms. The first-order valence-electron chi connectivity index (χ1n) is 11.3. The van der Waals surface area contributed by atoms with Crippen LogP contribution in [0.5, 0.6) is 11.5 Å². The van der Waals surface area contributed by atoms with Gasteiger partial charge in [0.2, 0.25) is 5.82 Å². The summed E-state index contributed by atoms with van der Waals surface area (Å²) in [4.78, 5) is 19.7. The smallest absolute Gasteiger partial charge is 0.327 e. The molecule has 4 aromatic rings. The SMILES string of the molecule is CC1=C(c2nc(-c3ccccc3)no2)C(c2ccccc2)NC(=O)N1c1ccc2c(c1)OCCO2. The lowest BCUT2D eigenvalue weighted by Crippen LogP contribution is -2.46. The van der Waals surface area contributed by atoms with Crippen LogP contribution >= 0.6 is 0 Å². The fourth-order valence-electron chi connectivity index (χ4n) is 4.43. The van der Waals surface area contributed by atoms with Gasteiger partial charge in [-0.2, -0.15) is 4.98 Å². The minimum absolute atomic E-state index is 0.264. The van der Waals surface area contributed by atoms with Crippen molar-refractivity contribution >= 4 is 17.3 Å². The molecule has 0 radical (unpaired) electrons. The van der Waals surface area contributed by atoms with Crippen LogP contribution in [0.2, 0.25) is 0 Å². The van der Waals surface area contributed by atoms with Gasteiger partial charge in [0.15, 0.2) is 11.5 Å². The standard InChI is InChI=1S/C27H22N4O4/c1-17-23(26-29-25(30-35-26)19-10-6-3-7-11-19)24(18-8-4-2-5-9-18)28-27(32)31(17)20-12-13-21-22(16-20)34-15-14-33-21/h2-13,16,24H,14-15H2,1H3,(H,28,32). The molecule has 1 N–H and O–H groups in total. The lowest BCUT2D eigenvalue weighted by atomic mass is 9.94. The van der Waals surface area contributed by atoms with Crippen LogP contribution in [0.25, 0.3) is 17.0 Å². The summed E-state index contributed by atoms with van der Waals surface area (Å²) in [6, 6.07) is 24.1. The summed E-state index contributed by atoms with van der Waals surface area (Å²) in [5, 5.41) is 7.33. The summed E-state index contributed by atoms with van der Waals surface area (Å²) < 4.78 is 17.1. The molecule has 0 saturated carbocycles. The highest BCUT2D eigenvalue weighted by Crippen LogP contribution is 2.41. The average molecular weight is 466 g/mol. The predicted molar refractivity (Wildman–Crippen MR) is 130 cm³/mol. The first-order chi connectivity index (χ1) is 17.2. The molecule has 0 fully saturated rings. The van der Waals surface area contributed by atoms with Crippen LogP contribution in [0.15, 0.2) is 89.1 Å². The maximum absolute atomic E-state index is 13.4. The van der Waals surface area contributed by atoms with E-state index in [0.29, 0.717) is 47.8 Å². The summed E-state index contributed by atoms with van der Waals surface area (Å²) >= 11 is 0. The van der Waals surface area contributed by atoms with Crippen LogP contribution in [0, 0.1) is 0 Å². The van der Waals surface area contributed by atoms with Crippen LogP contribution < -0.4 is 19.7 Å². The van der Waals surface area contributed by atoms with E-state index in [2.05, 4.69) is 10.5 Å². The van der Waals surface area contributed by atoms with Crippen molar-refractivity contribution in [2.24, 2.45) is 0 Å². The van der Waals surface area contributed by atoms with Crippen molar-refractivity contribution < 1.29 is 18.8 Å². The van der Waals surface area contributed by atoms with E-state index in [0.717, 1.165) is 16.7 Å². The zero-order chi connectivity index (χ0) is 23.8. The predicted octanol–water partition coefficient (Wildman–Crippen LogP) is 5.21. The molecule has 3 heterocycles. The van der Waals surface area contributed by atoms with Crippen LogP contribution in [-0.2, 0) is 0 Å². The number of fused-ring (bicyclic) bond motifs is 1. The molecule has 0 saturated heterocycles. The van der Waals surface area contributed by atoms with Gasteiger partial charge < -0.3 is 19.3 Å². The molecule has 0 bridgehead atoms. The van der Waals surface area contributed by atoms with Gasteiger partial charge in [-0.25, -0.2) is 4.79 Å². The highest BCUT2D eigenvalue weighted by Gasteiger charge is 2.36. The molecule has 3 aromatic carbocycles. The first-order valence-corrected chi connectivity index (χ1v) is 11.3. The number of anilines is 1. The van der Waals surface area contributed by atoms with Gasteiger partial charge in [-0.05, 0) is 24.6 Å². The zero-order valence-corrected chi connectivity index (χ0v) is 19.0. The van der Waals surface area contributed by atoms with Gasteiger partial charge in [-0.1, -0.05) is 65.8 Å². The van der Waals surface area contributed by atoms with E-state index in [1.54, 1.807) is 11.0 Å². The Labute approximate surface area is 201 Å². The third kappa shape index (κ3) is 3.78. The summed E-state index contributed by atoms with van der Waals surface area (Å²) in [5.74, 6) is 2.09. The second-order valence-electron chi connectivity index (χ2n) is 8.24. The lowest BCUT2D eigenvalue weighted by Gasteiger charge is -2.35. The van der Waals surface area contributed by atoms with Crippen LogP contribution in [-0.4, -0.2) is 29.4 Å². The third-order valence-electron chi connectivity index (χ3n) is 6.09. The van der Waals surface area contributed by atoms with Crippen molar-refractivity contribution in [3.8, 4) is 22.9 Å². The Morgan fingerprint density at radius 2 is 1.63 bits per heavy atom. The van der Waals surface area contributed by atoms with E-state index in [-0.39, 0.29) is 6.03 Å². The van der Waals surface area contributed by atoms with Crippen molar-refractivity contribution in [2.75, 3.05) is 18.1 Å². The fourth-order valence-corrected chi connectivity index (χ4v) is 4.43. The van der Waals surface area contributed by atoms with Crippen LogP contribution in [0.1, 0.15) is 24.4 Å². The number of nitrogens with zero attached hydrogens (tertiary/aromatic N) is 3. The normalized spacial score (nSPS) is 17.3. The van der Waals surface area contributed by atoms with E-state index in [1.807, 2.05) is 79.7 Å². The topological polar surface area (TPSA) is 89.7 Å². The molecular formula is C27H22N4O4. The van der Waals surface area contributed by atoms with E-state index < -0.39 is 6.04 Å². The summed E-state index contributed by atoms with van der Waals surface area (Å²) in [7, 11) is 0. The van der Waals surface area contributed by atoms with Gasteiger partial charge in [0, 0.05) is 17.3 Å². The molecule has 8 heteroatoms. The van der Waals surface area contributed by atoms with Gasteiger partial charge >= 0.3 is 6.03 Å². The van der Waals surface area contributed by atoms with Crippen molar-refractivity contribution in [1.82, 2.24) is 15.5 Å². The number of urea groups is 1. The van der Waals surface area contributed by atoms with Gasteiger partial charge in [0.25, 0.3) is 5.89 Å². The number of nitrogens with one attached hydrogen (secondary N) is 1. The molecule has 174 valence electrons. The number of hydrogen-bond donors (Lipinski definition) is 1. The first kappa shape index (κ1) is 21.0. The second kappa shape index (κ2) is 8.64. The Kier molecular flexibility index (Phi) is 5.18. The van der Waals surface area contributed by atoms with Crippen molar-refractivity contribution in [3.05, 3.63) is 96.0 Å². The molecule has 2 aliphatic heterocycles. The molecule has 1 aromatic heterocycles. The number of carbonyl (C=O) groups is 1. The maximum Gasteiger partial charge on any atom is 0.327 e. The molecule has 1 unspecified atom stereocenters. The average Bonchev–Trinajstić information content (AvgIpc) is 3.39. The minimum atomic E-state index is -0.457. The van der Waals surface area contributed by atoms with Crippen LogP contribution in [0.4, 0.5) is 10.5 Å². The van der Waals surface area contributed by atoms with Crippen molar-refractivity contribution in [2.45, 2.75) is 13.0 Å². The number of aromatic nitrogens is 2. The lowest BCUT2D eigenvalue weighted by molar-refractivity contribution is 0.171. The number of allylic oxidation sites excluding steroid dienone is 1. The number of rotatable bonds is 4. The number of hydrogen-bond acceptors (Lipinski definition) is 6. The van der Waals surface area contributed by atoms with Gasteiger partial charge in [0.05, 0.1) is 17.3 Å². The van der Waals surface area contributed by atoms with Gasteiger partial charge in [0.1, 0.15) is 13.2 Å². The summed E-state index contributed by atoms with van der Waals surface area (Å²) in [5.41, 5.74) is 3.82. The van der Waals surface area contributed by atoms with E-state index >= 15 is 0 Å². The summed E-state index contributed by atoms with van der Waals surface area (Å²) in [6.07, 6.45) is 0. The van der Waals surface area contributed by atoms with Crippen molar-refractivity contribution in [1.29, 1.82) is 0 Å². The second-order valence-corrected chi connectivity index (χ2v) is 8.24. The quantitative estimate of drug-likeness (QED) is 0.444. The Balaban J connectivity index is 1.48. The Hall–Kier alpha value is -4.59.